The molecular formula is C22H31BrClN3O2. The molecule has 160 valence electrons. The van der Waals surface area contributed by atoms with Crippen molar-refractivity contribution in [2.75, 3.05) is 39.8 Å². The van der Waals surface area contributed by atoms with Gasteiger partial charge < -0.3 is 14.6 Å². The van der Waals surface area contributed by atoms with Crippen LogP contribution in [0.15, 0.2) is 27.1 Å². The van der Waals surface area contributed by atoms with E-state index in [2.05, 4.69) is 38.1 Å². The zero-order valence-electron chi connectivity index (χ0n) is 17.3. The van der Waals surface area contributed by atoms with Gasteiger partial charge in [0.2, 0.25) is 0 Å². The van der Waals surface area contributed by atoms with E-state index in [0.29, 0.717) is 12.3 Å². The first-order valence-electron chi connectivity index (χ1n) is 10.4. The number of rotatable bonds is 4. The van der Waals surface area contributed by atoms with Crippen molar-refractivity contribution in [1.82, 2.24) is 15.1 Å². The summed E-state index contributed by atoms with van der Waals surface area (Å²) in [7, 11) is 2.19. The second kappa shape index (κ2) is 9.38. The fraction of sp³-hybridized carbons (Fsp3) is 0.591. The minimum Gasteiger partial charge on any atom is -0.451 e. The van der Waals surface area contributed by atoms with Crippen molar-refractivity contribution < 1.29 is 9.21 Å². The van der Waals surface area contributed by atoms with Gasteiger partial charge in [-0.05, 0) is 45.0 Å². The largest absolute Gasteiger partial charge is 0.451 e. The Labute approximate surface area is 187 Å². The van der Waals surface area contributed by atoms with Crippen molar-refractivity contribution in [3.63, 3.8) is 0 Å². The Hall–Kier alpha value is -1.08. The van der Waals surface area contributed by atoms with Crippen LogP contribution in [0.25, 0.3) is 11.0 Å². The Kier molecular flexibility index (Phi) is 7.31. The molecule has 0 unspecified atom stereocenters. The minimum atomic E-state index is -0.0936. The molecule has 5 nitrogen and oxygen atoms in total. The van der Waals surface area contributed by atoms with Crippen LogP contribution in [-0.4, -0.2) is 61.0 Å². The number of nitrogens with one attached hydrogen (secondary N) is 1. The average molecular weight is 485 g/mol. The van der Waals surface area contributed by atoms with Gasteiger partial charge in [-0.2, -0.15) is 0 Å². The summed E-state index contributed by atoms with van der Waals surface area (Å²) in [6.07, 6.45) is 6.15. The highest BCUT2D eigenvalue weighted by Crippen LogP contribution is 2.34. The maximum Gasteiger partial charge on any atom is 0.287 e. The zero-order valence-corrected chi connectivity index (χ0v) is 19.7. The summed E-state index contributed by atoms with van der Waals surface area (Å²) in [5.41, 5.74) is 1.77. The fourth-order valence-corrected chi connectivity index (χ4v) is 5.19. The third kappa shape index (κ3) is 4.66. The van der Waals surface area contributed by atoms with Gasteiger partial charge in [0.1, 0.15) is 5.58 Å². The highest BCUT2D eigenvalue weighted by molar-refractivity contribution is 9.10. The quantitative estimate of drug-likeness (QED) is 0.689. The summed E-state index contributed by atoms with van der Waals surface area (Å²) in [4.78, 5) is 18.0. The second-order valence-electron chi connectivity index (χ2n) is 8.45. The summed E-state index contributed by atoms with van der Waals surface area (Å²) in [6, 6.07) is 5.87. The molecule has 0 spiro atoms. The van der Waals surface area contributed by atoms with Gasteiger partial charge in [-0.25, -0.2) is 0 Å². The lowest BCUT2D eigenvalue weighted by atomic mass is 9.79. The molecule has 7 heteroatoms. The van der Waals surface area contributed by atoms with Crippen LogP contribution >= 0.6 is 28.3 Å². The summed E-state index contributed by atoms with van der Waals surface area (Å²) in [5, 5.41) is 4.23. The third-order valence-corrected chi connectivity index (χ3v) is 7.13. The van der Waals surface area contributed by atoms with Gasteiger partial charge in [0.25, 0.3) is 5.91 Å². The Balaban J connectivity index is 0.00000240. The molecule has 2 aliphatic rings. The zero-order chi connectivity index (χ0) is 19.7. The molecule has 1 aliphatic carbocycles. The maximum atomic E-state index is 13.0. The van der Waals surface area contributed by atoms with Crippen LogP contribution in [-0.2, 0) is 0 Å². The molecule has 2 aromatic rings. The number of hydrogen-bond acceptors (Lipinski definition) is 4. The molecule has 2 fully saturated rings. The minimum absolute atomic E-state index is 0. The molecular weight excluding hydrogens is 454 g/mol. The molecule has 0 bridgehead atoms. The summed E-state index contributed by atoms with van der Waals surface area (Å²) >= 11 is 3.50. The third-order valence-electron chi connectivity index (χ3n) is 6.64. The molecule has 4 rings (SSSR count). The molecule has 1 saturated carbocycles. The Morgan fingerprint density at radius 2 is 1.86 bits per heavy atom. The Morgan fingerprint density at radius 3 is 2.55 bits per heavy atom. The van der Waals surface area contributed by atoms with Gasteiger partial charge in [-0.1, -0.05) is 35.2 Å². The van der Waals surface area contributed by atoms with E-state index in [1.54, 1.807) is 0 Å². The Morgan fingerprint density at radius 1 is 1.17 bits per heavy atom. The van der Waals surface area contributed by atoms with Crippen LogP contribution in [0.5, 0.6) is 0 Å². The average Bonchev–Trinajstić information content (AvgIpc) is 3.03. The first kappa shape index (κ1) is 22.6. The van der Waals surface area contributed by atoms with Crippen molar-refractivity contribution in [2.45, 2.75) is 44.6 Å². The molecule has 2 heterocycles. The van der Waals surface area contributed by atoms with E-state index in [1.165, 1.54) is 32.1 Å². The number of aryl methyl sites for hydroxylation is 1. The molecule has 1 aromatic carbocycles. The first-order chi connectivity index (χ1) is 13.5. The summed E-state index contributed by atoms with van der Waals surface area (Å²) in [5.74, 6) is 0.348. The van der Waals surface area contributed by atoms with Crippen LogP contribution in [0.2, 0.25) is 0 Å². The van der Waals surface area contributed by atoms with E-state index in [1.807, 2.05) is 25.1 Å². The van der Waals surface area contributed by atoms with Gasteiger partial charge in [-0.3, -0.25) is 9.69 Å². The van der Waals surface area contributed by atoms with Crippen molar-refractivity contribution in [3.8, 4) is 0 Å². The molecule has 1 N–H and O–H groups in total. The highest BCUT2D eigenvalue weighted by atomic mass is 79.9. The van der Waals surface area contributed by atoms with Crippen molar-refractivity contribution in [1.29, 1.82) is 0 Å². The van der Waals surface area contributed by atoms with Crippen LogP contribution in [0.3, 0.4) is 0 Å². The number of carbonyl (C=O) groups is 1. The lowest BCUT2D eigenvalue weighted by Crippen LogP contribution is -2.61. The van der Waals surface area contributed by atoms with Gasteiger partial charge in [0.15, 0.2) is 5.76 Å². The van der Waals surface area contributed by atoms with Gasteiger partial charge in [0.05, 0.1) is 0 Å². The summed E-state index contributed by atoms with van der Waals surface area (Å²) in [6.45, 7) is 7.05. The van der Waals surface area contributed by atoms with E-state index >= 15 is 0 Å². The van der Waals surface area contributed by atoms with Gasteiger partial charge in [0, 0.05) is 53.7 Å². The van der Waals surface area contributed by atoms with Crippen molar-refractivity contribution in [3.05, 3.63) is 34.0 Å². The number of hydrogen-bond donors (Lipinski definition) is 1. The van der Waals surface area contributed by atoms with Gasteiger partial charge >= 0.3 is 0 Å². The summed E-state index contributed by atoms with van der Waals surface area (Å²) < 4.78 is 6.89. The number of carbonyl (C=O) groups excluding carboxylic acids is 1. The highest BCUT2D eigenvalue weighted by Gasteiger charge is 2.39. The molecule has 1 aromatic heterocycles. The Bertz CT molecular complexity index is 855. The van der Waals surface area contributed by atoms with E-state index in [9.17, 15) is 4.79 Å². The maximum absolute atomic E-state index is 13.0. The number of likely N-dealkylation sites (N-methyl/N-ethyl adjacent to an activating group) is 1. The number of furan rings is 1. The van der Waals surface area contributed by atoms with E-state index < -0.39 is 0 Å². The molecule has 1 amide bonds. The van der Waals surface area contributed by atoms with Crippen LogP contribution in [0, 0.1) is 6.92 Å². The van der Waals surface area contributed by atoms with Crippen molar-refractivity contribution >= 4 is 45.2 Å². The number of nitrogens with zero attached hydrogens (tertiary/aromatic N) is 2. The molecule has 1 saturated heterocycles. The monoisotopic (exact) mass is 483 g/mol. The predicted octanol–water partition coefficient (Wildman–Crippen LogP) is 4.61. The van der Waals surface area contributed by atoms with E-state index in [-0.39, 0.29) is 23.9 Å². The predicted molar refractivity (Wildman–Crippen MR) is 123 cm³/mol. The van der Waals surface area contributed by atoms with Crippen LogP contribution in [0.4, 0.5) is 0 Å². The molecule has 0 atom stereocenters. The standard InChI is InChI=1S/C22H30BrN3O2.ClH/c1-16-18-14-17(23)6-7-19(18)28-20(16)21(27)24-15-22(8-4-3-5-9-22)26-12-10-25(2)11-13-26;/h6-7,14H,3-5,8-13,15H2,1-2H3,(H,24,27);1H. The number of halogens is 2. The number of fused-ring (bicyclic) bond motifs is 1. The molecule has 29 heavy (non-hydrogen) atoms. The fourth-order valence-electron chi connectivity index (χ4n) is 4.83. The number of amides is 1. The van der Waals surface area contributed by atoms with E-state index in [0.717, 1.165) is 47.2 Å². The van der Waals surface area contributed by atoms with Crippen LogP contribution in [0.1, 0.15) is 48.2 Å². The van der Waals surface area contributed by atoms with Crippen LogP contribution < -0.4 is 5.32 Å². The molecule has 1 aliphatic heterocycles. The number of piperazine rings is 1. The van der Waals surface area contributed by atoms with E-state index in [4.69, 9.17) is 4.42 Å². The molecule has 0 radical (unpaired) electrons. The SMILES string of the molecule is Cc1c(C(=O)NCC2(N3CCN(C)CC3)CCCCC2)oc2ccc(Br)cc12.Cl. The lowest BCUT2D eigenvalue weighted by molar-refractivity contribution is 0.0136. The number of benzene rings is 1. The smallest absolute Gasteiger partial charge is 0.287 e. The second-order valence-corrected chi connectivity index (χ2v) is 9.37. The van der Waals surface area contributed by atoms with Gasteiger partial charge in [-0.15, -0.1) is 12.4 Å². The lowest BCUT2D eigenvalue weighted by Gasteiger charge is -2.49. The first-order valence-corrected chi connectivity index (χ1v) is 11.2. The topological polar surface area (TPSA) is 48.7 Å². The normalized spacial score (nSPS) is 20.4. The van der Waals surface area contributed by atoms with Crippen molar-refractivity contribution in [2.24, 2.45) is 0 Å².